The number of methoxy groups -OCH3 is 1. The van der Waals surface area contributed by atoms with E-state index in [1.807, 2.05) is 38.2 Å². The number of hydrogen-bond acceptors (Lipinski definition) is 2. The summed E-state index contributed by atoms with van der Waals surface area (Å²) in [6, 6.07) is 7.84. The van der Waals surface area contributed by atoms with E-state index in [9.17, 15) is 4.79 Å². The van der Waals surface area contributed by atoms with Gasteiger partial charge < -0.3 is 9.64 Å². The van der Waals surface area contributed by atoms with Gasteiger partial charge in [0.05, 0.1) is 7.11 Å². The molecule has 0 atom stereocenters. The molecule has 0 aromatic heterocycles. The lowest BCUT2D eigenvalue weighted by molar-refractivity contribution is -0.129. The van der Waals surface area contributed by atoms with E-state index in [0.717, 1.165) is 24.3 Å². The zero-order valence-electron chi connectivity index (χ0n) is 10.2. The summed E-state index contributed by atoms with van der Waals surface area (Å²) >= 11 is 0. The Hall–Kier alpha value is -1.51. The minimum absolute atomic E-state index is 0.185. The van der Waals surface area contributed by atoms with Crippen LogP contribution in [0.1, 0.15) is 18.9 Å². The third kappa shape index (κ3) is 3.57. The smallest absolute Gasteiger partial charge is 0.222 e. The Morgan fingerprint density at radius 3 is 2.81 bits per heavy atom. The highest BCUT2D eigenvalue weighted by Crippen LogP contribution is 2.14. The van der Waals surface area contributed by atoms with Crippen LogP contribution >= 0.6 is 0 Å². The van der Waals surface area contributed by atoms with Crippen LogP contribution in [-0.4, -0.2) is 31.5 Å². The zero-order valence-corrected chi connectivity index (χ0v) is 10.2. The molecule has 0 aliphatic heterocycles. The highest BCUT2D eigenvalue weighted by molar-refractivity contribution is 5.76. The fourth-order valence-corrected chi connectivity index (χ4v) is 1.45. The van der Waals surface area contributed by atoms with E-state index >= 15 is 0 Å². The third-order valence-corrected chi connectivity index (χ3v) is 2.66. The van der Waals surface area contributed by atoms with Gasteiger partial charge in [-0.25, -0.2) is 0 Å². The van der Waals surface area contributed by atoms with Crippen molar-refractivity contribution in [1.29, 1.82) is 0 Å². The topological polar surface area (TPSA) is 29.5 Å². The van der Waals surface area contributed by atoms with Crippen molar-refractivity contribution in [2.45, 2.75) is 19.8 Å². The van der Waals surface area contributed by atoms with Crippen molar-refractivity contribution in [1.82, 2.24) is 4.90 Å². The van der Waals surface area contributed by atoms with Crippen LogP contribution in [0.5, 0.6) is 5.75 Å². The minimum atomic E-state index is 0.185. The van der Waals surface area contributed by atoms with E-state index in [4.69, 9.17) is 4.74 Å². The highest BCUT2D eigenvalue weighted by Gasteiger charge is 2.06. The molecule has 0 aliphatic carbocycles. The minimum Gasteiger partial charge on any atom is -0.497 e. The Kier molecular flexibility index (Phi) is 4.83. The highest BCUT2D eigenvalue weighted by atomic mass is 16.5. The Bertz CT molecular complexity index is 350. The molecule has 1 aromatic carbocycles. The molecule has 0 N–H and O–H groups in total. The van der Waals surface area contributed by atoms with Gasteiger partial charge in [0.2, 0.25) is 5.91 Å². The largest absolute Gasteiger partial charge is 0.497 e. The Morgan fingerprint density at radius 1 is 1.44 bits per heavy atom. The number of amides is 1. The molecule has 0 unspecified atom stereocenters. The molecule has 1 rings (SSSR count). The van der Waals surface area contributed by atoms with Gasteiger partial charge in [0.1, 0.15) is 5.75 Å². The van der Waals surface area contributed by atoms with E-state index in [2.05, 4.69) is 0 Å². The van der Waals surface area contributed by atoms with Gasteiger partial charge in [-0.05, 0) is 31.0 Å². The predicted molar refractivity (Wildman–Crippen MR) is 64.6 cm³/mol. The van der Waals surface area contributed by atoms with Crippen LogP contribution in [-0.2, 0) is 11.2 Å². The lowest BCUT2D eigenvalue weighted by atomic mass is 10.1. The molecule has 0 radical (unpaired) electrons. The van der Waals surface area contributed by atoms with Crippen molar-refractivity contribution in [2.24, 2.45) is 0 Å². The normalized spacial score (nSPS) is 9.94. The summed E-state index contributed by atoms with van der Waals surface area (Å²) in [5.41, 5.74) is 1.14. The van der Waals surface area contributed by atoms with Crippen LogP contribution in [0.25, 0.3) is 0 Å². The molecular weight excluding hydrogens is 202 g/mol. The number of hydrogen-bond donors (Lipinski definition) is 0. The van der Waals surface area contributed by atoms with Gasteiger partial charge in [-0.15, -0.1) is 0 Å². The Morgan fingerprint density at radius 2 is 2.19 bits per heavy atom. The van der Waals surface area contributed by atoms with Crippen LogP contribution in [0, 0.1) is 0 Å². The lowest BCUT2D eigenvalue weighted by Crippen LogP contribution is -2.26. The number of ether oxygens (including phenoxy) is 1. The van der Waals surface area contributed by atoms with Crippen LogP contribution in [0.15, 0.2) is 24.3 Å². The van der Waals surface area contributed by atoms with Crippen LogP contribution in [0.2, 0.25) is 0 Å². The molecule has 16 heavy (non-hydrogen) atoms. The fourth-order valence-electron chi connectivity index (χ4n) is 1.45. The molecule has 88 valence electrons. The molecule has 0 heterocycles. The zero-order chi connectivity index (χ0) is 12.0. The van der Waals surface area contributed by atoms with Gasteiger partial charge in [-0.1, -0.05) is 12.1 Å². The average Bonchev–Trinajstić information content (AvgIpc) is 2.35. The first-order chi connectivity index (χ1) is 7.67. The third-order valence-electron chi connectivity index (χ3n) is 2.66. The van der Waals surface area contributed by atoms with Crippen molar-refractivity contribution in [3.8, 4) is 5.75 Å². The molecule has 0 saturated heterocycles. The molecule has 3 nitrogen and oxygen atoms in total. The number of carbonyl (C=O) groups is 1. The molecule has 0 fully saturated rings. The summed E-state index contributed by atoms with van der Waals surface area (Å²) < 4.78 is 5.13. The summed E-state index contributed by atoms with van der Waals surface area (Å²) in [5.74, 6) is 1.03. The van der Waals surface area contributed by atoms with Crippen molar-refractivity contribution >= 4 is 5.91 Å². The van der Waals surface area contributed by atoms with E-state index in [-0.39, 0.29) is 5.91 Å². The summed E-state index contributed by atoms with van der Waals surface area (Å²) in [6.07, 6.45) is 1.32. The van der Waals surface area contributed by atoms with E-state index in [0.29, 0.717) is 6.42 Å². The molecule has 0 bridgehead atoms. The van der Waals surface area contributed by atoms with Gasteiger partial charge in [0.25, 0.3) is 0 Å². The van der Waals surface area contributed by atoms with E-state index in [1.165, 1.54) is 0 Å². The van der Waals surface area contributed by atoms with Gasteiger partial charge >= 0.3 is 0 Å². The molecule has 0 saturated carbocycles. The number of aryl methyl sites for hydroxylation is 1. The van der Waals surface area contributed by atoms with Gasteiger partial charge in [0, 0.05) is 20.0 Å². The molecule has 1 amide bonds. The first kappa shape index (κ1) is 12.6. The maximum absolute atomic E-state index is 11.6. The second-order valence-electron chi connectivity index (χ2n) is 3.76. The first-order valence-corrected chi connectivity index (χ1v) is 5.54. The summed E-state index contributed by atoms with van der Waals surface area (Å²) in [4.78, 5) is 13.3. The lowest BCUT2D eigenvalue weighted by Gasteiger charge is -2.14. The molecule has 0 spiro atoms. The standard InChI is InChI=1S/C13H19NO2/c1-4-14(2)13(15)9-8-11-6-5-7-12(10-11)16-3/h5-7,10H,4,8-9H2,1-3H3. The number of carbonyl (C=O) groups excluding carboxylic acids is 1. The van der Waals surface area contributed by atoms with Crippen molar-refractivity contribution in [2.75, 3.05) is 20.7 Å². The van der Waals surface area contributed by atoms with E-state index < -0.39 is 0 Å². The van der Waals surface area contributed by atoms with Crippen molar-refractivity contribution in [3.63, 3.8) is 0 Å². The maximum Gasteiger partial charge on any atom is 0.222 e. The summed E-state index contributed by atoms with van der Waals surface area (Å²) in [6.45, 7) is 2.74. The van der Waals surface area contributed by atoms with Gasteiger partial charge in [0.15, 0.2) is 0 Å². The molecule has 0 aliphatic rings. The maximum atomic E-state index is 11.6. The van der Waals surface area contributed by atoms with Gasteiger partial charge in [-0.3, -0.25) is 4.79 Å². The van der Waals surface area contributed by atoms with Crippen LogP contribution in [0.4, 0.5) is 0 Å². The number of benzene rings is 1. The van der Waals surface area contributed by atoms with Gasteiger partial charge in [-0.2, -0.15) is 0 Å². The second-order valence-corrected chi connectivity index (χ2v) is 3.76. The summed E-state index contributed by atoms with van der Waals surface area (Å²) in [7, 11) is 3.48. The molecule has 1 aromatic rings. The Labute approximate surface area is 97.0 Å². The van der Waals surface area contributed by atoms with Crippen LogP contribution in [0.3, 0.4) is 0 Å². The summed E-state index contributed by atoms with van der Waals surface area (Å²) in [5, 5.41) is 0. The van der Waals surface area contributed by atoms with E-state index in [1.54, 1.807) is 12.0 Å². The van der Waals surface area contributed by atoms with Crippen LogP contribution < -0.4 is 4.74 Å². The SMILES string of the molecule is CCN(C)C(=O)CCc1cccc(OC)c1. The Balaban J connectivity index is 2.51. The van der Waals surface area contributed by atoms with Crippen molar-refractivity contribution < 1.29 is 9.53 Å². The number of rotatable bonds is 5. The second kappa shape index (κ2) is 6.16. The van der Waals surface area contributed by atoms with Crippen molar-refractivity contribution in [3.05, 3.63) is 29.8 Å². The quantitative estimate of drug-likeness (QED) is 0.762. The number of nitrogens with zero attached hydrogens (tertiary/aromatic N) is 1. The average molecular weight is 221 g/mol. The first-order valence-electron chi connectivity index (χ1n) is 5.54. The monoisotopic (exact) mass is 221 g/mol. The molecule has 3 heteroatoms. The fraction of sp³-hybridized carbons (Fsp3) is 0.462. The molecular formula is C13H19NO2. The predicted octanol–water partition coefficient (Wildman–Crippen LogP) is 2.11.